The topological polar surface area (TPSA) is 194 Å². The summed E-state index contributed by atoms with van der Waals surface area (Å²) < 4.78 is 141. The maximum atomic E-state index is 14.0. The predicted octanol–water partition coefficient (Wildman–Crippen LogP) is 13.0. The molecule has 6 aromatic carbocycles. The second-order valence-corrected chi connectivity index (χ2v) is 29.6. The van der Waals surface area contributed by atoms with Crippen molar-refractivity contribution in [1.29, 1.82) is 0 Å². The van der Waals surface area contributed by atoms with Crippen LogP contribution in [0.3, 0.4) is 0 Å². The van der Waals surface area contributed by atoms with Crippen molar-refractivity contribution in [2.24, 2.45) is 21.1 Å². The van der Waals surface area contributed by atoms with Gasteiger partial charge in [-0.3, -0.25) is 38.7 Å². The van der Waals surface area contributed by atoms with Crippen LogP contribution in [0.2, 0.25) is 0 Å². The highest BCUT2D eigenvalue weighted by Crippen LogP contribution is 2.39. The Hall–Kier alpha value is -11.5. The lowest BCUT2D eigenvalue weighted by Crippen LogP contribution is -2.44. The third kappa shape index (κ3) is 23.7. The van der Waals surface area contributed by atoms with Crippen LogP contribution in [-0.4, -0.2) is 176 Å². The minimum Gasteiger partial charge on any atom is -0.492 e. The van der Waals surface area contributed by atoms with Crippen LogP contribution in [0.25, 0.3) is 0 Å². The number of halogens is 9. The molecular weight excluding hydrogens is 1520 g/mol. The number of rotatable bonds is 20. The van der Waals surface area contributed by atoms with E-state index in [1.54, 1.807) is 107 Å². The molecule has 0 radical (unpaired) electrons. The Morgan fingerprint density at radius 3 is 1.34 bits per heavy atom. The van der Waals surface area contributed by atoms with Gasteiger partial charge in [-0.15, -0.1) is 0 Å². The van der Waals surface area contributed by atoms with E-state index < -0.39 is 35.2 Å². The monoisotopic (exact) mass is 1610 g/mol. The average molecular weight is 1610 g/mol. The van der Waals surface area contributed by atoms with Crippen LogP contribution in [0.5, 0.6) is 5.75 Å². The second-order valence-electron chi connectivity index (χ2n) is 29.6. The third-order valence-electron chi connectivity index (χ3n) is 20.7. The molecule has 3 aliphatic heterocycles. The zero-order valence-electron chi connectivity index (χ0n) is 66.4. The number of ketones is 3. The standard InChI is InChI=1S/C31H31F3N4O3.C30H32F3N5O2.C28H28F3N3O2/c1-20-3-5-23(17-22(20)7-10-26-18-35-29(37(26)2)30(40)36-25-8-9-25)28(39)16-21-4-6-24(27(15-21)31(32,33)34)19-38-11-13-41-14-12-38;1-20-5-7-23(17-22(20)9-10-25-18-35-28(37(25)4)29(40)34-2)27(39)16-21-6-8-24(26(15-21)30(31,32)33)19-38-13-11-36(3)12-14-38;1-20-5-7-23(17-22(20)8-9-24-18-32-19-33(24)2)26(35)16-21-6-10-27(25(15-21)28(29,30)31)36-14-13-34-11-3-4-12-34/h3-6,15,17-18,25H,8-9,11-14,16,19H2,1-2H3,(H,36,40);5-8,15,17-18H,11-14,16,19H2,1-4H3,(H,34,40);5-7,10,15,17-19H,3-4,11-14,16H2,1-2H3. The molecule has 0 spiro atoms. The summed E-state index contributed by atoms with van der Waals surface area (Å²) in [6.07, 6.45) is -3.64. The van der Waals surface area contributed by atoms with Crippen LogP contribution in [0.4, 0.5) is 39.5 Å². The Balaban J connectivity index is 0.000000173. The molecule has 3 saturated heterocycles. The molecule has 6 heterocycles. The molecule has 3 aromatic heterocycles. The number of aryl methyl sites for hydroxylation is 4. The molecule has 4 fully saturated rings. The summed E-state index contributed by atoms with van der Waals surface area (Å²) in [6.45, 7) is 13.9. The van der Waals surface area contributed by atoms with E-state index in [0.717, 1.165) is 92.4 Å². The maximum Gasteiger partial charge on any atom is 0.419 e. The Kier molecular flexibility index (Phi) is 28.5. The number of nitrogens with zero attached hydrogens (tertiary/aromatic N) is 10. The zero-order valence-corrected chi connectivity index (χ0v) is 66.4. The van der Waals surface area contributed by atoms with Gasteiger partial charge in [0.1, 0.15) is 29.4 Å². The molecule has 19 nitrogen and oxygen atoms in total. The number of amides is 2. The van der Waals surface area contributed by atoms with Crippen molar-refractivity contribution in [1.82, 2.24) is 58.9 Å². The fraction of sp³-hybridized carbons (Fsp3) is 0.371. The summed E-state index contributed by atoms with van der Waals surface area (Å²) in [5.74, 6) is 17.0. The predicted molar refractivity (Wildman–Crippen MR) is 423 cm³/mol. The molecule has 0 unspecified atom stereocenters. The molecule has 4 aliphatic rings. The first kappa shape index (κ1) is 86.4. The number of piperazine rings is 1. The molecule has 117 heavy (non-hydrogen) atoms. The van der Waals surface area contributed by atoms with Crippen molar-refractivity contribution < 1.29 is 73.0 Å². The van der Waals surface area contributed by atoms with Crippen LogP contribution in [0, 0.1) is 56.3 Å². The molecule has 2 amide bonds. The van der Waals surface area contributed by atoms with Gasteiger partial charge in [0.2, 0.25) is 0 Å². The molecule has 13 rings (SSSR count). The summed E-state index contributed by atoms with van der Waals surface area (Å²) in [7, 11) is 8.75. The fourth-order valence-corrected chi connectivity index (χ4v) is 13.4. The van der Waals surface area contributed by atoms with Gasteiger partial charge in [-0.2, -0.15) is 39.5 Å². The lowest BCUT2D eigenvalue weighted by Gasteiger charge is -2.33. The summed E-state index contributed by atoms with van der Waals surface area (Å²) in [5, 5.41) is 5.42. The third-order valence-corrected chi connectivity index (χ3v) is 20.7. The van der Waals surface area contributed by atoms with Crippen molar-refractivity contribution >= 4 is 29.2 Å². The Morgan fingerprint density at radius 2 is 0.915 bits per heavy atom. The van der Waals surface area contributed by atoms with Crippen LogP contribution >= 0.6 is 0 Å². The first-order chi connectivity index (χ1) is 55.7. The highest BCUT2D eigenvalue weighted by molar-refractivity contribution is 5.99. The number of ether oxygens (including phenoxy) is 2. The Morgan fingerprint density at radius 1 is 0.487 bits per heavy atom. The number of imidazole rings is 3. The van der Waals surface area contributed by atoms with Gasteiger partial charge in [-0.25, -0.2) is 15.0 Å². The molecule has 0 atom stereocenters. The summed E-state index contributed by atoms with van der Waals surface area (Å²) in [6, 6.07) is 27.7. The first-order valence-corrected chi connectivity index (χ1v) is 38.4. The number of carbonyl (C=O) groups is 5. The van der Waals surface area contributed by atoms with Crippen molar-refractivity contribution in [2.45, 2.75) is 103 Å². The molecule has 2 N–H and O–H groups in total. The molecular formula is C89H91F9N12O7. The number of hydrogen-bond acceptors (Lipinski definition) is 14. The number of benzene rings is 6. The van der Waals surface area contributed by atoms with Crippen LogP contribution in [-0.2, 0) is 76.8 Å². The van der Waals surface area contributed by atoms with Crippen molar-refractivity contribution in [3.8, 4) is 41.3 Å². The van der Waals surface area contributed by atoms with Gasteiger partial charge in [0.25, 0.3) is 11.8 Å². The number of nitrogens with one attached hydrogen (secondary N) is 2. The van der Waals surface area contributed by atoms with Crippen molar-refractivity contribution in [2.75, 3.05) is 92.8 Å². The number of Topliss-reactive ketones (excluding diaryl/α,β-unsaturated/α-hetero) is 3. The van der Waals surface area contributed by atoms with Crippen LogP contribution < -0.4 is 15.4 Å². The van der Waals surface area contributed by atoms with E-state index in [4.69, 9.17) is 9.47 Å². The molecule has 1 aliphatic carbocycles. The highest BCUT2D eigenvalue weighted by atomic mass is 19.4. The van der Waals surface area contributed by atoms with E-state index in [9.17, 15) is 63.5 Å². The fourth-order valence-electron chi connectivity index (χ4n) is 13.4. The van der Waals surface area contributed by atoms with Crippen LogP contribution in [0.15, 0.2) is 134 Å². The SMILES string of the molecule is CNC(=O)c1ncc(C#Cc2cc(C(=O)Cc3ccc(CN4CCN(C)CC4)c(C(F)(F)F)c3)ccc2C)n1C.Cc1ccc(C(=O)Cc2ccc(CN3CCOCC3)c(C(F)(F)F)c2)cc1C#Cc1cnc(C(=O)NC2CC2)n1C.Cc1ccc(C(=O)Cc2ccc(OCCN3CCCC3)c(C(F)(F)F)c2)cc1C#Cc1cncn1C. The summed E-state index contributed by atoms with van der Waals surface area (Å²) in [4.78, 5) is 84.0. The minimum absolute atomic E-state index is 0.158. The number of morpholine rings is 1. The highest BCUT2D eigenvalue weighted by Gasteiger charge is 2.38. The first-order valence-electron chi connectivity index (χ1n) is 38.4. The lowest BCUT2D eigenvalue weighted by molar-refractivity contribution is -0.139. The number of aromatic nitrogens is 6. The Labute approximate surface area is 674 Å². The Bertz CT molecular complexity index is 5330. The largest absolute Gasteiger partial charge is 0.492 e. The summed E-state index contributed by atoms with van der Waals surface area (Å²) >= 11 is 0. The average Bonchev–Trinajstić information content (AvgIpc) is 1.66. The van der Waals surface area contributed by atoms with Crippen molar-refractivity contribution in [3.05, 3.63) is 257 Å². The lowest BCUT2D eigenvalue weighted by atomic mass is 9.96. The van der Waals surface area contributed by atoms with Gasteiger partial charge in [-0.05, 0) is 171 Å². The van der Waals surface area contributed by atoms with Crippen molar-refractivity contribution in [3.63, 3.8) is 0 Å². The smallest absolute Gasteiger partial charge is 0.419 e. The molecule has 1 saturated carbocycles. The zero-order chi connectivity index (χ0) is 83.9. The van der Waals surface area contributed by atoms with E-state index in [1.807, 2.05) is 44.7 Å². The van der Waals surface area contributed by atoms with Gasteiger partial charge < -0.3 is 38.7 Å². The van der Waals surface area contributed by atoms with E-state index in [1.165, 1.54) is 43.7 Å². The van der Waals surface area contributed by atoms with Crippen LogP contribution in [0.1, 0.15) is 173 Å². The van der Waals surface area contributed by atoms with Gasteiger partial charge >= 0.3 is 18.5 Å². The molecule has 9 aromatic rings. The van der Waals surface area contributed by atoms with Gasteiger partial charge in [0.15, 0.2) is 29.0 Å². The van der Waals surface area contributed by atoms with E-state index in [0.29, 0.717) is 102 Å². The number of carbonyl (C=O) groups excluding carboxylic acids is 5. The van der Waals surface area contributed by atoms with E-state index in [2.05, 4.69) is 70.9 Å². The maximum absolute atomic E-state index is 14.0. The second kappa shape index (κ2) is 38.5. The van der Waals surface area contributed by atoms with E-state index in [-0.39, 0.29) is 108 Å². The van der Waals surface area contributed by atoms with E-state index >= 15 is 0 Å². The number of likely N-dealkylation sites (tertiary alicyclic amines) is 1. The number of hydrogen-bond donors (Lipinski definition) is 2. The van der Waals surface area contributed by atoms with Gasteiger partial charge in [-0.1, -0.05) is 84.5 Å². The van der Waals surface area contributed by atoms with Gasteiger partial charge in [0.05, 0.1) is 54.8 Å². The van der Waals surface area contributed by atoms with Gasteiger partial charge in [0, 0.05) is 146 Å². The quantitative estimate of drug-likeness (QED) is 0.0416. The molecule has 0 bridgehead atoms. The number of likely N-dealkylation sites (N-methyl/N-ethyl adjacent to an activating group) is 1. The summed E-state index contributed by atoms with van der Waals surface area (Å²) in [5.41, 5.74) is 6.41. The number of alkyl halides is 9. The minimum atomic E-state index is -4.58. The molecule has 28 heteroatoms. The molecule has 612 valence electrons. The normalized spacial score (nSPS) is 14.7.